The third-order valence-corrected chi connectivity index (χ3v) is 2.89. The van der Waals surface area contributed by atoms with E-state index in [0.717, 1.165) is 0 Å². The summed E-state index contributed by atoms with van der Waals surface area (Å²) in [5.41, 5.74) is 0.243. The van der Waals surface area contributed by atoms with Crippen molar-refractivity contribution in [3.05, 3.63) is 33.9 Å². The van der Waals surface area contributed by atoms with E-state index in [1.807, 2.05) is 13.8 Å². The lowest BCUT2D eigenvalue weighted by molar-refractivity contribution is -0.384. The van der Waals surface area contributed by atoms with Crippen LogP contribution in [0.25, 0.3) is 0 Å². The molecule has 20 heavy (non-hydrogen) atoms. The maximum absolute atomic E-state index is 11.3. The Balaban J connectivity index is 3.30. The Kier molecular flexibility index (Phi) is 5.45. The summed E-state index contributed by atoms with van der Waals surface area (Å²) in [5.74, 6) is -1.11. The maximum atomic E-state index is 11.3. The van der Waals surface area contributed by atoms with E-state index < -0.39 is 10.9 Å². The summed E-state index contributed by atoms with van der Waals surface area (Å²) >= 11 is 0. The average molecular weight is 282 g/mol. The molecule has 0 saturated carbocycles. The summed E-state index contributed by atoms with van der Waals surface area (Å²) in [4.78, 5) is 23.4. The number of nitrogens with zero attached hydrogens (tertiary/aromatic N) is 2. The van der Waals surface area contributed by atoms with Crippen LogP contribution in [0.3, 0.4) is 0 Å². The van der Waals surface area contributed by atoms with Gasteiger partial charge in [-0.3, -0.25) is 10.1 Å². The number of anilines is 1. The van der Waals surface area contributed by atoms with E-state index in [4.69, 9.17) is 4.74 Å². The number of nitro benzene ring substituents is 1. The van der Waals surface area contributed by atoms with Crippen LogP contribution in [0, 0.1) is 10.1 Å². The molecular weight excluding hydrogens is 264 g/mol. The molecule has 0 saturated heterocycles. The number of hydrogen-bond donors (Lipinski definition) is 1. The molecular formula is C13H18N2O5. The van der Waals surface area contributed by atoms with Gasteiger partial charge < -0.3 is 14.7 Å². The molecule has 0 heterocycles. The van der Waals surface area contributed by atoms with Crippen molar-refractivity contribution in [2.75, 3.05) is 25.2 Å². The summed E-state index contributed by atoms with van der Waals surface area (Å²) in [5, 5.41) is 20.1. The summed E-state index contributed by atoms with van der Waals surface area (Å²) < 4.78 is 5.00. The number of benzene rings is 1. The van der Waals surface area contributed by atoms with Crippen molar-refractivity contribution in [1.82, 2.24) is 0 Å². The second kappa shape index (κ2) is 6.85. The van der Waals surface area contributed by atoms with E-state index >= 15 is 0 Å². The lowest BCUT2D eigenvalue weighted by Crippen LogP contribution is -2.35. The number of rotatable bonds is 7. The van der Waals surface area contributed by atoms with Gasteiger partial charge in [0.2, 0.25) is 0 Å². The van der Waals surface area contributed by atoms with Crippen molar-refractivity contribution in [3.8, 4) is 0 Å². The number of methoxy groups -OCH3 is 1. The van der Waals surface area contributed by atoms with E-state index in [1.54, 1.807) is 12.0 Å². The molecule has 0 unspecified atom stereocenters. The zero-order valence-corrected chi connectivity index (χ0v) is 11.7. The predicted molar refractivity (Wildman–Crippen MR) is 74.4 cm³/mol. The van der Waals surface area contributed by atoms with Crippen LogP contribution in [0.4, 0.5) is 11.4 Å². The Morgan fingerprint density at radius 2 is 2.15 bits per heavy atom. The van der Waals surface area contributed by atoms with Gasteiger partial charge in [-0.25, -0.2) is 4.79 Å². The number of carbonyl (C=O) groups is 1. The van der Waals surface area contributed by atoms with E-state index in [2.05, 4.69) is 0 Å². The largest absolute Gasteiger partial charge is 0.478 e. The third-order valence-electron chi connectivity index (χ3n) is 2.89. The highest BCUT2D eigenvalue weighted by Gasteiger charge is 2.21. The number of hydrogen-bond acceptors (Lipinski definition) is 5. The zero-order chi connectivity index (χ0) is 15.3. The first kappa shape index (κ1) is 15.9. The molecule has 0 aliphatic heterocycles. The minimum Gasteiger partial charge on any atom is -0.478 e. The van der Waals surface area contributed by atoms with Crippen LogP contribution in [0.5, 0.6) is 0 Å². The van der Waals surface area contributed by atoms with E-state index in [9.17, 15) is 20.0 Å². The lowest BCUT2D eigenvalue weighted by Gasteiger charge is -2.29. The van der Waals surface area contributed by atoms with Gasteiger partial charge in [0.25, 0.3) is 5.69 Å². The first-order valence-corrected chi connectivity index (χ1v) is 6.15. The highest BCUT2D eigenvalue weighted by atomic mass is 16.6. The molecule has 0 aliphatic carbocycles. The second-order valence-electron chi connectivity index (χ2n) is 4.54. The molecule has 0 radical (unpaired) electrons. The third kappa shape index (κ3) is 3.67. The summed E-state index contributed by atoms with van der Waals surface area (Å²) in [6.07, 6.45) is 0. The molecule has 0 aromatic heterocycles. The lowest BCUT2D eigenvalue weighted by atomic mass is 10.1. The minimum atomic E-state index is -1.11. The smallest absolute Gasteiger partial charge is 0.337 e. The van der Waals surface area contributed by atoms with Crippen molar-refractivity contribution in [2.24, 2.45) is 0 Å². The van der Waals surface area contributed by atoms with Gasteiger partial charge in [0, 0.05) is 31.8 Å². The van der Waals surface area contributed by atoms with E-state index in [-0.39, 0.29) is 17.3 Å². The van der Waals surface area contributed by atoms with Gasteiger partial charge >= 0.3 is 5.97 Å². The Labute approximate surface area is 116 Å². The Morgan fingerprint density at radius 1 is 1.50 bits per heavy atom. The van der Waals surface area contributed by atoms with Crippen molar-refractivity contribution in [2.45, 2.75) is 19.9 Å². The number of non-ortho nitro benzene ring substituents is 1. The van der Waals surface area contributed by atoms with Gasteiger partial charge in [-0.15, -0.1) is 0 Å². The standard InChI is InChI=1S/C13H18N2O5/c1-9(2)14(6-7-20-3)12-8-10(15(18)19)4-5-11(12)13(16)17/h4-5,8-9H,6-7H2,1-3H3,(H,16,17). The summed E-state index contributed by atoms with van der Waals surface area (Å²) in [6.45, 7) is 4.63. The molecule has 0 spiro atoms. The molecule has 0 atom stereocenters. The predicted octanol–water partition coefficient (Wildman–Crippen LogP) is 2.15. The molecule has 0 amide bonds. The first-order valence-electron chi connectivity index (χ1n) is 6.15. The Morgan fingerprint density at radius 3 is 2.60 bits per heavy atom. The number of nitro groups is 1. The van der Waals surface area contributed by atoms with Crippen LogP contribution in [0.2, 0.25) is 0 Å². The topological polar surface area (TPSA) is 92.9 Å². The molecule has 0 fully saturated rings. The van der Waals surface area contributed by atoms with Gasteiger partial charge in [0.15, 0.2) is 0 Å². The van der Waals surface area contributed by atoms with Crippen LogP contribution >= 0.6 is 0 Å². The zero-order valence-electron chi connectivity index (χ0n) is 11.7. The molecule has 7 nitrogen and oxygen atoms in total. The van der Waals surface area contributed by atoms with Crippen LogP contribution in [0.15, 0.2) is 18.2 Å². The molecule has 1 aromatic rings. The van der Waals surface area contributed by atoms with Crippen LogP contribution < -0.4 is 4.90 Å². The molecule has 7 heteroatoms. The van der Waals surface area contributed by atoms with Crippen molar-refractivity contribution in [1.29, 1.82) is 0 Å². The molecule has 1 aromatic carbocycles. The second-order valence-corrected chi connectivity index (χ2v) is 4.54. The number of carboxylic acid groups (broad SMARTS) is 1. The Bertz CT molecular complexity index is 502. The fourth-order valence-corrected chi connectivity index (χ4v) is 1.90. The molecule has 0 aliphatic rings. The highest BCUT2D eigenvalue weighted by molar-refractivity contribution is 5.95. The maximum Gasteiger partial charge on any atom is 0.337 e. The van der Waals surface area contributed by atoms with E-state index in [0.29, 0.717) is 18.8 Å². The number of carboxylic acids is 1. The van der Waals surface area contributed by atoms with Gasteiger partial charge in [-0.2, -0.15) is 0 Å². The van der Waals surface area contributed by atoms with Gasteiger partial charge in [0.1, 0.15) is 0 Å². The van der Waals surface area contributed by atoms with Crippen LogP contribution in [-0.4, -0.2) is 42.3 Å². The highest BCUT2D eigenvalue weighted by Crippen LogP contribution is 2.27. The monoisotopic (exact) mass is 282 g/mol. The average Bonchev–Trinajstić information content (AvgIpc) is 2.38. The fourth-order valence-electron chi connectivity index (χ4n) is 1.90. The quantitative estimate of drug-likeness (QED) is 0.608. The minimum absolute atomic E-state index is 0.00902. The summed E-state index contributed by atoms with van der Waals surface area (Å²) in [7, 11) is 1.55. The normalized spacial score (nSPS) is 10.6. The number of ether oxygens (including phenoxy) is 1. The number of aromatic carboxylic acids is 1. The van der Waals surface area contributed by atoms with Gasteiger partial charge in [0.05, 0.1) is 22.8 Å². The van der Waals surface area contributed by atoms with Crippen molar-refractivity contribution >= 4 is 17.3 Å². The molecule has 1 N–H and O–H groups in total. The van der Waals surface area contributed by atoms with Gasteiger partial charge in [-0.05, 0) is 19.9 Å². The van der Waals surface area contributed by atoms with Crippen LogP contribution in [-0.2, 0) is 4.74 Å². The van der Waals surface area contributed by atoms with Crippen LogP contribution in [0.1, 0.15) is 24.2 Å². The first-order chi connectivity index (χ1) is 9.38. The molecule has 110 valence electrons. The molecule has 0 bridgehead atoms. The fraction of sp³-hybridized carbons (Fsp3) is 0.462. The summed E-state index contributed by atoms with van der Waals surface area (Å²) in [6, 6.07) is 3.74. The Hall–Kier alpha value is -2.15. The van der Waals surface area contributed by atoms with Crippen molar-refractivity contribution < 1.29 is 19.6 Å². The van der Waals surface area contributed by atoms with E-state index in [1.165, 1.54) is 18.2 Å². The van der Waals surface area contributed by atoms with Gasteiger partial charge in [-0.1, -0.05) is 0 Å². The van der Waals surface area contributed by atoms with Crippen molar-refractivity contribution in [3.63, 3.8) is 0 Å². The molecule has 1 rings (SSSR count). The SMILES string of the molecule is COCCN(c1cc([N+](=O)[O-])ccc1C(=O)O)C(C)C.